The molecule has 140 valence electrons. The number of halogens is 4. The maximum absolute atomic E-state index is 12.4. The zero-order valence-electron chi connectivity index (χ0n) is 13.1. The molecule has 27 heavy (non-hydrogen) atoms. The number of rotatable bonds is 4. The number of ketones is 1. The molecule has 1 N–H and O–H groups in total. The molecule has 8 nitrogen and oxygen atoms in total. The number of hydrogen-bond donors (Lipinski definition) is 1. The van der Waals surface area contributed by atoms with E-state index in [4.69, 9.17) is 10.5 Å². The summed E-state index contributed by atoms with van der Waals surface area (Å²) in [6, 6.07) is 9.34. The van der Waals surface area contributed by atoms with Crippen molar-refractivity contribution in [2.45, 2.75) is 0 Å². The number of carboxylic acid groups (broad SMARTS) is 1. The molecule has 0 aromatic heterocycles. The Balaban J connectivity index is 0.000000646. The van der Waals surface area contributed by atoms with Crippen LogP contribution in [0.1, 0.15) is 26.3 Å². The van der Waals surface area contributed by atoms with Gasteiger partial charge < -0.3 is 22.4 Å². The molecule has 0 radical (unpaired) electrons. The van der Waals surface area contributed by atoms with Crippen molar-refractivity contribution in [3.8, 4) is 0 Å². The molecule has 0 amide bonds. The average Bonchev–Trinajstić information content (AvgIpc) is 2.59. The lowest BCUT2D eigenvalue weighted by Gasteiger charge is -2.02. The Labute approximate surface area is 147 Å². The van der Waals surface area contributed by atoms with Crippen LogP contribution in [-0.4, -0.2) is 29.0 Å². The molecule has 0 aliphatic carbocycles. The predicted octanol–water partition coefficient (Wildman–Crippen LogP) is 4.31. The number of hydrogen-bond acceptors (Lipinski definition) is 5. The Bertz CT molecular complexity index is 923. The number of benzene rings is 2. The Kier molecular flexibility index (Phi) is 6.70. The van der Waals surface area contributed by atoms with Crippen LogP contribution < -0.4 is 0 Å². The van der Waals surface area contributed by atoms with Gasteiger partial charge in [0.15, 0.2) is 10.5 Å². The highest BCUT2D eigenvalue weighted by Gasteiger charge is 2.34. The van der Waals surface area contributed by atoms with Crippen LogP contribution >= 0.6 is 0 Å². The third kappa shape index (κ3) is 6.20. The van der Waals surface area contributed by atoms with E-state index in [0.29, 0.717) is 0 Å². The van der Waals surface area contributed by atoms with Crippen molar-refractivity contribution < 1.29 is 36.9 Å². The zero-order chi connectivity index (χ0) is 20.8. The van der Waals surface area contributed by atoms with E-state index in [0.717, 1.165) is 12.1 Å². The van der Waals surface area contributed by atoms with Gasteiger partial charge in [0.1, 0.15) is 0 Å². The standard InChI is InChI=1S/C14H7N3O5.BF4/c15-16-10-6-9(14(19)20)7-11(17(21)22)12(10)13(18)8-4-2-1-3-5-8;2-1(3,4)5/h1-7H;/q;-1/p+1. The average molecular weight is 385 g/mol. The first kappa shape index (κ1) is 21.2. The minimum Gasteiger partial charge on any atom is -0.478 e. The van der Waals surface area contributed by atoms with Crippen molar-refractivity contribution in [3.05, 3.63) is 74.2 Å². The molecule has 2 aromatic rings. The van der Waals surface area contributed by atoms with Crippen molar-refractivity contribution in [1.29, 1.82) is 5.39 Å². The summed E-state index contributed by atoms with van der Waals surface area (Å²) in [6.07, 6.45) is 0. The second-order valence-corrected chi connectivity index (χ2v) is 4.74. The monoisotopic (exact) mass is 385 g/mol. The molecule has 0 unspecified atom stereocenters. The number of carboxylic acids is 1. The first-order chi connectivity index (χ1) is 12.5. The number of nitro benzene ring substituents is 1. The number of carbonyl (C=O) groups excluding carboxylic acids is 1. The lowest BCUT2D eigenvalue weighted by atomic mass is 9.98. The van der Waals surface area contributed by atoms with Gasteiger partial charge in [-0.05, 0) is 0 Å². The van der Waals surface area contributed by atoms with Crippen molar-refractivity contribution in [3.63, 3.8) is 0 Å². The van der Waals surface area contributed by atoms with E-state index in [1.54, 1.807) is 18.2 Å². The van der Waals surface area contributed by atoms with Crippen LogP contribution in [0.2, 0.25) is 0 Å². The number of nitrogens with zero attached hydrogens (tertiary/aromatic N) is 3. The third-order valence-electron chi connectivity index (χ3n) is 2.91. The van der Waals surface area contributed by atoms with Crippen LogP contribution in [0.15, 0.2) is 42.5 Å². The quantitative estimate of drug-likeness (QED) is 0.209. The summed E-state index contributed by atoms with van der Waals surface area (Å²) in [5.74, 6) is -2.18. The summed E-state index contributed by atoms with van der Waals surface area (Å²) in [4.78, 5) is 36.4. The van der Waals surface area contributed by atoms with Gasteiger partial charge in [0.2, 0.25) is 11.2 Å². The fourth-order valence-corrected chi connectivity index (χ4v) is 1.92. The SMILES string of the molecule is F[B-](F)(F)F.N#[N+]c1cc(C(=O)O)cc([N+](=O)[O-])c1C(=O)c1ccccc1. The molecule has 0 fully saturated rings. The van der Waals surface area contributed by atoms with E-state index in [-0.39, 0.29) is 5.56 Å². The van der Waals surface area contributed by atoms with Gasteiger partial charge >= 0.3 is 18.9 Å². The molecule has 13 heteroatoms. The van der Waals surface area contributed by atoms with Gasteiger partial charge in [-0.3, -0.25) is 14.9 Å². The summed E-state index contributed by atoms with van der Waals surface area (Å²) >= 11 is 0. The van der Waals surface area contributed by atoms with Crippen LogP contribution in [0.3, 0.4) is 0 Å². The molecule has 0 saturated heterocycles. The predicted molar refractivity (Wildman–Crippen MR) is 84.9 cm³/mol. The first-order valence-corrected chi connectivity index (χ1v) is 6.83. The zero-order valence-corrected chi connectivity index (χ0v) is 13.1. The fourth-order valence-electron chi connectivity index (χ4n) is 1.92. The Morgan fingerprint density at radius 2 is 1.59 bits per heavy atom. The minimum absolute atomic E-state index is 0.151. The van der Waals surface area contributed by atoms with E-state index >= 15 is 0 Å². The van der Waals surface area contributed by atoms with Crippen molar-refractivity contribution in [1.82, 2.24) is 0 Å². The van der Waals surface area contributed by atoms with E-state index in [2.05, 4.69) is 4.98 Å². The largest absolute Gasteiger partial charge is 0.673 e. The molecule has 0 aliphatic heterocycles. The van der Waals surface area contributed by atoms with E-state index in [1.165, 1.54) is 12.1 Å². The number of carbonyl (C=O) groups is 2. The molecule has 2 rings (SSSR count). The summed E-state index contributed by atoms with van der Waals surface area (Å²) in [6.45, 7) is 0. The highest BCUT2D eigenvalue weighted by atomic mass is 19.5. The van der Waals surface area contributed by atoms with Crippen LogP contribution in [0, 0.1) is 15.5 Å². The van der Waals surface area contributed by atoms with Gasteiger partial charge in [0.05, 0.1) is 10.5 Å². The number of nitro groups is 1. The van der Waals surface area contributed by atoms with Crippen LogP contribution in [0.4, 0.5) is 28.6 Å². The lowest BCUT2D eigenvalue weighted by molar-refractivity contribution is -0.385. The third-order valence-corrected chi connectivity index (χ3v) is 2.91. The van der Waals surface area contributed by atoms with Crippen LogP contribution in [-0.2, 0) is 0 Å². The normalized spacial score (nSPS) is 10.2. The van der Waals surface area contributed by atoms with Crippen LogP contribution in [0.25, 0.3) is 4.98 Å². The molecule has 0 atom stereocenters. The van der Waals surface area contributed by atoms with Gasteiger partial charge in [-0.25, -0.2) is 4.79 Å². The van der Waals surface area contributed by atoms with Crippen molar-refractivity contribution >= 4 is 30.4 Å². The molecule has 0 spiro atoms. The maximum Gasteiger partial charge on any atom is 0.673 e. The van der Waals surface area contributed by atoms with Crippen LogP contribution in [0.5, 0.6) is 0 Å². The smallest absolute Gasteiger partial charge is 0.478 e. The Morgan fingerprint density at radius 3 is 2.00 bits per heavy atom. The molecule has 2 aromatic carbocycles. The van der Waals surface area contributed by atoms with E-state index in [1.807, 2.05) is 0 Å². The maximum atomic E-state index is 12.4. The van der Waals surface area contributed by atoms with Crippen molar-refractivity contribution in [2.24, 2.45) is 0 Å². The molecular formula is C14H8BF4N3O5. The molecule has 0 bridgehead atoms. The Morgan fingerprint density at radius 1 is 1.07 bits per heavy atom. The van der Waals surface area contributed by atoms with Gasteiger partial charge in [-0.1, -0.05) is 30.3 Å². The molecule has 0 aliphatic rings. The summed E-state index contributed by atoms with van der Waals surface area (Å²) in [5.41, 5.74) is -1.98. The van der Waals surface area contributed by atoms with Gasteiger partial charge in [0, 0.05) is 17.7 Å². The second-order valence-electron chi connectivity index (χ2n) is 4.74. The molecular weight excluding hydrogens is 377 g/mol. The summed E-state index contributed by atoms with van der Waals surface area (Å²) < 4.78 is 39.0. The van der Waals surface area contributed by atoms with Gasteiger partial charge in [-0.2, -0.15) is 0 Å². The first-order valence-electron chi connectivity index (χ1n) is 6.83. The highest BCUT2D eigenvalue weighted by molar-refractivity contribution is 6.50. The topological polar surface area (TPSA) is 126 Å². The highest BCUT2D eigenvalue weighted by Crippen LogP contribution is 2.33. The van der Waals surface area contributed by atoms with Gasteiger partial charge in [-0.15, -0.1) is 0 Å². The fraction of sp³-hybridized carbons (Fsp3) is 0. The van der Waals surface area contributed by atoms with Crippen molar-refractivity contribution in [2.75, 3.05) is 0 Å². The molecule has 0 saturated carbocycles. The Hall–Kier alpha value is -3.82. The summed E-state index contributed by atoms with van der Waals surface area (Å²) in [7, 11) is -6.00. The number of aromatic carboxylic acids is 1. The lowest BCUT2D eigenvalue weighted by Crippen LogP contribution is -2.08. The summed E-state index contributed by atoms with van der Waals surface area (Å²) in [5, 5.41) is 29.0. The minimum atomic E-state index is -6.00. The van der Waals surface area contributed by atoms with E-state index in [9.17, 15) is 37.0 Å². The van der Waals surface area contributed by atoms with E-state index < -0.39 is 46.4 Å². The number of diazo groups is 1. The molecule has 0 heterocycles. The van der Waals surface area contributed by atoms with Gasteiger partial charge in [0.25, 0.3) is 5.69 Å². The second kappa shape index (κ2) is 8.52.